The minimum atomic E-state index is -0.0530. The zero-order valence-electron chi connectivity index (χ0n) is 32.7. The number of hydrogen-bond acceptors (Lipinski definition) is 5. The van der Waals surface area contributed by atoms with Crippen LogP contribution in [0, 0.1) is 0 Å². The minimum Gasteiger partial charge on any atom is -0.507 e. The Balaban J connectivity index is 1.13. The Hall–Kier alpha value is -7.22. The first-order valence-corrected chi connectivity index (χ1v) is 20.6. The van der Waals surface area contributed by atoms with Gasteiger partial charge < -0.3 is 9.84 Å². The number of benzene rings is 7. The van der Waals surface area contributed by atoms with E-state index in [-0.39, 0.29) is 11.2 Å². The molecule has 0 amide bonds. The van der Waals surface area contributed by atoms with Crippen LogP contribution in [-0.2, 0) is 5.41 Å². The number of phenols is 1. The van der Waals surface area contributed by atoms with Crippen molar-refractivity contribution in [1.29, 1.82) is 0 Å². The van der Waals surface area contributed by atoms with Crippen molar-refractivity contribution in [1.82, 2.24) is 19.1 Å². The second-order valence-electron chi connectivity index (χ2n) is 16.0. The average Bonchev–Trinajstić information content (AvgIpc) is 3.94. The molecule has 0 saturated carbocycles. The third-order valence-corrected chi connectivity index (χ3v) is 12.5. The zero-order chi connectivity index (χ0) is 39.8. The quantitative estimate of drug-likeness (QED) is 0.182. The van der Waals surface area contributed by atoms with E-state index in [1.54, 1.807) is 6.07 Å². The van der Waals surface area contributed by atoms with Gasteiger partial charge in [-0.1, -0.05) is 112 Å². The summed E-state index contributed by atoms with van der Waals surface area (Å²) in [7, 11) is 0. The van der Waals surface area contributed by atoms with Crippen LogP contribution in [0.2, 0.25) is 0 Å². The summed E-state index contributed by atoms with van der Waals surface area (Å²) < 4.78 is 13.9. The van der Waals surface area contributed by atoms with Crippen LogP contribution in [0.15, 0.2) is 170 Å². The maximum atomic E-state index is 11.2. The SMILES string of the molecule is CC(C)(C)c1ccnc(-n2c3cc(Oc4cccc5c4nc(-c4ccccc4O)n5-c4ccccc4-c4ccccc4)ccc3c3c4sc5ccccc5c4ccc32)c1. The topological polar surface area (TPSA) is 65.1 Å². The van der Waals surface area contributed by atoms with Gasteiger partial charge in [-0.05, 0) is 83.3 Å². The third-order valence-electron chi connectivity index (χ3n) is 11.3. The predicted octanol–water partition coefficient (Wildman–Crippen LogP) is 14.0. The molecule has 0 aliphatic carbocycles. The molecule has 7 aromatic carbocycles. The second-order valence-corrected chi connectivity index (χ2v) is 17.1. The lowest BCUT2D eigenvalue weighted by Crippen LogP contribution is -2.12. The van der Waals surface area contributed by atoms with Gasteiger partial charge in [-0.3, -0.25) is 9.13 Å². The third kappa shape index (κ3) is 5.69. The van der Waals surface area contributed by atoms with Crippen LogP contribution in [-0.4, -0.2) is 24.2 Å². The maximum absolute atomic E-state index is 11.2. The summed E-state index contributed by atoms with van der Waals surface area (Å²) in [5.41, 5.74) is 8.50. The number of hydrogen-bond donors (Lipinski definition) is 1. The Morgan fingerprint density at radius 1 is 0.610 bits per heavy atom. The fourth-order valence-electron chi connectivity index (χ4n) is 8.48. The van der Waals surface area contributed by atoms with Crippen molar-refractivity contribution < 1.29 is 9.84 Å². The molecular formula is C52H38N4O2S. The van der Waals surface area contributed by atoms with E-state index < -0.39 is 0 Å². The first-order valence-electron chi connectivity index (χ1n) is 19.8. The normalized spacial score (nSPS) is 12.1. The molecule has 6 nitrogen and oxygen atoms in total. The summed E-state index contributed by atoms with van der Waals surface area (Å²) in [4.78, 5) is 10.2. The number of aromatic hydroxyl groups is 1. The van der Waals surface area contributed by atoms with Crippen LogP contribution in [0.4, 0.5) is 0 Å². The molecule has 0 unspecified atom stereocenters. The zero-order valence-corrected chi connectivity index (χ0v) is 33.5. The summed E-state index contributed by atoms with van der Waals surface area (Å²) >= 11 is 1.84. The molecule has 4 heterocycles. The Kier molecular flexibility index (Phi) is 7.97. The van der Waals surface area contributed by atoms with E-state index in [2.05, 4.69) is 133 Å². The van der Waals surface area contributed by atoms with Gasteiger partial charge in [0.05, 0.1) is 27.8 Å². The van der Waals surface area contributed by atoms with E-state index >= 15 is 0 Å². The lowest BCUT2D eigenvalue weighted by molar-refractivity contribution is 0.476. The van der Waals surface area contributed by atoms with Crippen LogP contribution in [0.3, 0.4) is 0 Å². The highest BCUT2D eigenvalue weighted by Gasteiger charge is 2.24. The largest absolute Gasteiger partial charge is 0.507 e. The van der Waals surface area contributed by atoms with Crippen LogP contribution in [0.5, 0.6) is 17.2 Å². The number of pyridine rings is 1. The van der Waals surface area contributed by atoms with E-state index in [1.165, 1.54) is 31.1 Å². The lowest BCUT2D eigenvalue weighted by atomic mass is 9.88. The molecule has 0 saturated heterocycles. The fraction of sp³-hybridized carbons (Fsp3) is 0.0769. The molecule has 284 valence electrons. The van der Waals surface area contributed by atoms with Gasteiger partial charge in [0.25, 0.3) is 0 Å². The van der Waals surface area contributed by atoms with Crippen LogP contribution in [0.25, 0.3) is 87.0 Å². The van der Waals surface area contributed by atoms with Gasteiger partial charge in [0.15, 0.2) is 5.75 Å². The number of fused-ring (bicyclic) bond motifs is 8. The van der Waals surface area contributed by atoms with Crippen molar-refractivity contribution in [2.75, 3.05) is 0 Å². The van der Waals surface area contributed by atoms with Crippen molar-refractivity contribution in [3.05, 3.63) is 176 Å². The van der Waals surface area contributed by atoms with Crippen molar-refractivity contribution >= 4 is 64.3 Å². The number of aromatic nitrogens is 4. The Bertz CT molecular complexity index is 3420. The van der Waals surface area contributed by atoms with Crippen molar-refractivity contribution in [2.24, 2.45) is 0 Å². The minimum absolute atomic E-state index is 0.0530. The molecule has 11 aromatic rings. The van der Waals surface area contributed by atoms with Gasteiger partial charge in [-0.2, -0.15) is 0 Å². The Morgan fingerprint density at radius 3 is 2.22 bits per heavy atom. The highest BCUT2D eigenvalue weighted by Crippen LogP contribution is 2.45. The first kappa shape index (κ1) is 35.0. The maximum Gasteiger partial charge on any atom is 0.155 e. The number of rotatable bonds is 6. The van der Waals surface area contributed by atoms with Gasteiger partial charge in [-0.25, -0.2) is 9.97 Å². The van der Waals surface area contributed by atoms with E-state index in [0.29, 0.717) is 28.4 Å². The summed E-state index contributed by atoms with van der Waals surface area (Å²) in [6, 6.07) is 55.9. The number of thiophene rings is 1. The molecule has 1 N–H and O–H groups in total. The smallest absolute Gasteiger partial charge is 0.155 e. The van der Waals surface area contributed by atoms with Crippen molar-refractivity contribution in [2.45, 2.75) is 26.2 Å². The second kappa shape index (κ2) is 13.4. The molecule has 4 aromatic heterocycles. The first-order chi connectivity index (χ1) is 28.8. The summed E-state index contributed by atoms with van der Waals surface area (Å²) in [6.07, 6.45) is 1.92. The highest BCUT2D eigenvalue weighted by molar-refractivity contribution is 7.26. The standard InChI is InChI=1S/C52H38N4O2S/c1-52(2,3)33-28-29-53-47(30-33)55-41-27-26-37-36-17-9-12-23-46(36)59-50(37)48(41)38-25-24-34(31-43(38)55)58-45-22-13-20-42-49(45)54-51(39-18-8-11-21-44(39)57)56(42)40-19-10-7-16-35(40)32-14-5-4-6-15-32/h4-31,57H,1-3H3. The van der Waals surface area contributed by atoms with Gasteiger partial charge in [0, 0.05) is 48.8 Å². The van der Waals surface area contributed by atoms with Crippen LogP contribution < -0.4 is 4.74 Å². The van der Waals surface area contributed by atoms with Gasteiger partial charge in [-0.15, -0.1) is 11.3 Å². The Morgan fingerprint density at radius 2 is 1.37 bits per heavy atom. The van der Waals surface area contributed by atoms with Crippen molar-refractivity contribution in [3.63, 3.8) is 0 Å². The lowest BCUT2D eigenvalue weighted by Gasteiger charge is -2.20. The van der Waals surface area contributed by atoms with E-state index in [1.807, 2.05) is 72.1 Å². The monoisotopic (exact) mass is 782 g/mol. The van der Waals surface area contributed by atoms with Gasteiger partial charge in [0.2, 0.25) is 0 Å². The molecule has 7 heteroatoms. The summed E-state index contributed by atoms with van der Waals surface area (Å²) in [5.74, 6) is 2.92. The predicted molar refractivity (Wildman–Crippen MR) is 244 cm³/mol. The molecule has 0 spiro atoms. The Labute approximate surface area is 344 Å². The number of para-hydroxylation sites is 3. The highest BCUT2D eigenvalue weighted by atomic mass is 32.1. The van der Waals surface area contributed by atoms with E-state index in [9.17, 15) is 5.11 Å². The molecule has 0 atom stereocenters. The molecule has 0 bridgehead atoms. The van der Waals surface area contributed by atoms with Crippen LogP contribution in [0.1, 0.15) is 26.3 Å². The van der Waals surface area contributed by atoms with Crippen molar-refractivity contribution in [3.8, 4) is 51.3 Å². The molecule has 0 fully saturated rings. The summed E-state index contributed by atoms with van der Waals surface area (Å²) in [6.45, 7) is 6.70. The number of nitrogens with zero attached hydrogens (tertiary/aromatic N) is 4. The van der Waals surface area contributed by atoms with Gasteiger partial charge >= 0.3 is 0 Å². The van der Waals surface area contributed by atoms with Crippen LogP contribution >= 0.6 is 11.3 Å². The molecular weight excluding hydrogens is 745 g/mol. The molecule has 0 radical (unpaired) electrons. The number of imidazole rings is 1. The van der Waals surface area contributed by atoms with E-state index in [4.69, 9.17) is 14.7 Å². The fourth-order valence-corrected chi connectivity index (χ4v) is 9.74. The number of ether oxygens (including phenoxy) is 1. The number of phenolic OH excluding ortho intramolecular Hbond substituents is 1. The molecule has 0 aliphatic rings. The average molecular weight is 783 g/mol. The molecule has 11 rings (SSSR count). The molecule has 59 heavy (non-hydrogen) atoms. The summed E-state index contributed by atoms with van der Waals surface area (Å²) in [5, 5.41) is 16.1. The van der Waals surface area contributed by atoms with E-state index in [0.717, 1.165) is 44.6 Å². The van der Waals surface area contributed by atoms with Gasteiger partial charge in [0.1, 0.15) is 28.7 Å². The molecule has 0 aliphatic heterocycles.